The lowest BCUT2D eigenvalue weighted by atomic mass is 9.76. The molecule has 47 heavy (non-hydrogen) atoms. The van der Waals surface area contributed by atoms with Crippen molar-refractivity contribution in [2.24, 2.45) is 5.92 Å². The van der Waals surface area contributed by atoms with Gasteiger partial charge in [-0.25, -0.2) is 15.4 Å². The van der Waals surface area contributed by atoms with E-state index < -0.39 is 5.92 Å². The van der Waals surface area contributed by atoms with Gasteiger partial charge in [0.15, 0.2) is 0 Å². The standard InChI is InChI=1S/C35H42F2N8O2/c1-6-31(46)45-13-12-44(21-27(45)19-38-4)33-28-10-11-43(30-20-39-18-25-9-7-8-23(2)32(25)30)22-29(28)40-34(41-33)47-15-14-42(5)24(3)26-16-35(36,37)17-26/h6-9,18,20,24,26-27H,1,10-17,19,21-22H2,2-3,5H3/t24-,27+/m1/s1. The fourth-order valence-electron chi connectivity index (χ4n) is 7.17. The van der Waals surface area contributed by atoms with Gasteiger partial charge < -0.3 is 29.2 Å². The Kier molecular flexibility index (Phi) is 9.28. The van der Waals surface area contributed by atoms with E-state index in [9.17, 15) is 13.6 Å². The van der Waals surface area contributed by atoms with Crippen molar-refractivity contribution >= 4 is 28.2 Å². The van der Waals surface area contributed by atoms with Crippen LogP contribution in [0.3, 0.4) is 0 Å². The zero-order chi connectivity index (χ0) is 33.3. The summed E-state index contributed by atoms with van der Waals surface area (Å²) in [4.78, 5) is 38.8. The summed E-state index contributed by atoms with van der Waals surface area (Å²) in [5.41, 5.74) is 4.14. The molecule has 0 N–H and O–H groups in total. The molecule has 3 aliphatic rings. The fourth-order valence-corrected chi connectivity index (χ4v) is 7.17. The van der Waals surface area contributed by atoms with Gasteiger partial charge in [0, 0.05) is 74.1 Å². The molecule has 1 aliphatic carbocycles. The van der Waals surface area contributed by atoms with Crippen LogP contribution in [0.4, 0.5) is 20.3 Å². The third-order valence-corrected chi connectivity index (χ3v) is 10.1. The van der Waals surface area contributed by atoms with E-state index in [1.807, 2.05) is 32.4 Å². The summed E-state index contributed by atoms with van der Waals surface area (Å²) in [6.45, 7) is 19.1. The van der Waals surface area contributed by atoms with Gasteiger partial charge in [-0.05, 0) is 44.9 Å². The number of alkyl halides is 2. The van der Waals surface area contributed by atoms with E-state index >= 15 is 0 Å². The Morgan fingerprint density at radius 1 is 1.23 bits per heavy atom. The second-order valence-electron chi connectivity index (χ2n) is 13.0. The average Bonchev–Trinajstić information content (AvgIpc) is 3.05. The van der Waals surface area contributed by atoms with Gasteiger partial charge in [-0.15, -0.1) is 0 Å². The SMILES string of the molecule is [C-]#[N+]C[C@H]1CN(c2nc(OCCN(C)[C@H](C)C3CC(F)(F)C3)nc3c2CCN(c2cncc4cccc(C)c24)C3)CCN1C(=O)C=C. The number of carbonyl (C=O) groups is 1. The smallest absolute Gasteiger partial charge is 0.318 e. The molecule has 10 nitrogen and oxygen atoms in total. The summed E-state index contributed by atoms with van der Waals surface area (Å²) in [5, 5.41) is 2.26. The van der Waals surface area contributed by atoms with E-state index in [0.717, 1.165) is 34.7 Å². The molecule has 6 rings (SSSR count). The highest BCUT2D eigenvalue weighted by molar-refractivity contribution is 5.96. The monoisotopic (exact) mass is 644 g/mol. The van der Waals surface area contributed by atoms with Gasteiger partial charge in [0.05, 0.1) is 24.1 Å². The quantitative estimate of drug-likeness (QED) is 0.231. The van der Waals surface area contributed by atoms with Crippen LogP contribution in [0.5, 0.6) is 6.01 Å². The minimum absolute atomic E-state index is 0.0125. The second kappa shape index (κ2) is 13.4. The van der Waals surface area contributed by atoms with Gasteiger partial charge in [-0.1, -0.05) is 24.8 Å². The number of likely N-dealkylation sites (N-methyl/N-ethyl adjacent to an activating group) is 1. The molecule has 1 amide bonds. The molecular weight excluding hydrogens is 602 g/mol. The topological polar surface area (TPSA) is 82.3 Å². The third-order valence-electron chi connectivity index (χ3n) is 10.1. The summed E-state index contributed by atoms with van der Waals surface area (Å²) >= 11 is 0. The number of amides is 1. The molecule has 2 aliphatic heterocycles. The van der Waals surface area contributed by atoms with Crippen LogP contribution < -0.4 is 14.5 Å². The molecule has 0 spiro atoms. The number of rotatable bonds is 10. The van der Waals surface area contributed by atoms with Gasteiger partial charge in [0.1, 0.15) is 18.5 Å². The highest BCUT2D eigenvalue weighted by atomic mass is 19.3. The first-order valence-electron chi connectivity index (χ1n) is 16.3. The van der Waals surface area contributed by atoms with Crippen LogP contribution in [0, 0.1) is 19.4 Å². The van der Waals surface area contributed by atoms with Crippen LogP contribution >= 0.6 is 0 Å². The minimum Gasteiger partial charge on any atom is -0.462 e. The predicted molar refractivity (Wildman–Crippen MR) is 178 cm³/mol. The molecule has 2 fully saturated rings. The van der Waals surface area contributed by atoms with Crippen LogP contribution in [0.2, 0.25) is 0 Å². The van der Waals surface area contributed by atoms with Crippen LogP contribution in [0.25, 0.3) is 15.6 Å². The van der Waals surface area contributed by atoms with E-state index in [2.05, 4.69) is 50.2 Å². The van der Waals surface area contributed by atoms with Crippen LogP contribution in [-0.4, -0.2) is 102 Å². The number of nitrogens with zero attached hydrogens (tertiary/aromatic N) is 8. The van der Waals surface area contributed by atoms with Crippen molar-refractivity contribution in [3.63, 3.8) is 0 Å². The minimum atomic E-state index is -2.55. The molecule has 1 aromatic carbocycles. The Labute approximate surface area is 274 Å². The lowest BCUT2D eigenvalue weighted by Gasteiger charge is -2.42. The van der Waals surface area contributed by atoms with Crippen molar-refractivity contribution in [3.8, 4) is 6.01 Å². The number of hydrogen-bond acceptors (Lipinski definition) is 8. The van der Waals surface area contributed by atoms with E-state index in [4.69, 9.17) is 21.3 Å². The highest BCUT2D eigenvalue weighted by Crippen LogP contribution is 2.45. The molecule has 0 bridgehead atoms. The summed E-state index contributed by atoms with van der Waals surface area (Å²) < 4.78 is 33.2. The average molecular weight is 645 g/mol. The molecule has 248 valence electrons. The number of aromatic nitrogens is 3. The Hall–Kier alpha value is -4.37. The van der Waals surface area contributed by atoms with Crippen LogP contribution in [0.1, 0.15) is 36.6 Å². The van der Waals surface area contributed by atoms with Crippen molar-refractivity contribution in [2.75, 3.05) is 62.7 Å². The molecule has 12 heteroatoms. The molecule has 1 saturated heterocycles. The van der Waals surface area contributed by atoms with E-state index in [-0.39, 0.29) is 49.3 Å². The van der Waals surface area contributed by atoms with E-state index in [1.54, 1.807) is 4.90 Å². The van der Waals surface area contributed by atoms with Crippen LogP contribution in [-0.2, 0) is 17.8 Å². The molecule has 0 radical (unpaired) electrons. The number of carbonyl (C=O) groups excluding carboxylic acids is 1. The number of anilines is 2. The summed E-state index contributed by atoms with van der Waals surface area (Å²) in [5.74, 6) is -1.98. The highest BCUT2D eigenvalue weighted by Gasteiger charge is 2.48. The third kappa shape index (κ3) is 6.72. The zero-order valence-corrected chi connectivity index (χ0v) is 27.3. The molecule has 0 unspecified atom stereocenters. The van der Waals surface area contributed by atoms with Gasteiger partial charge in [0.25, 0.3) is 0 Å². The molecule has 2 atom stereocenters. The van der Waals surface area contributed by atoms with E-state index in [1.165, 1.54) is 17.0 Å². The number of ether oxygens (including phenoxy) is 1. The maximum Gasteiger partial charge on any atom is 0.318 e. The van der Waals surface area contributed by atoms with E-state index in [0.29, 0.717) is 45.8 Å². The first-order valence-corrected chi connectivity index (χ1v) is 16.3. The van der Waals surface area contributed by atoms with Crippen LogP contribution in [0.15, 0.2) is 43.2 Å². The summed E-state index contributed by atoms with van der Waals surface area (Å²) in [7, 11) is 1.93. The molecule has 2 aromatic heterocycles. The molecule has 4 heterocycles. The zero-order valence-electron chi connectivity index (χ0n) is 27.3. The Balaban J connectivity index is 1.27. The number of pyridine rings is 1. The van der Waals surface area contributed by atoms with Crippen molar-refractivity contribution in [3.05, 3.63) is 71.5 Å². The van der Waals surface area contributed by atoms with Crippen molar-refractivity contribution < 1.29 is 18.3 Å². The van der Waals surface area contributed by atoms with Crippen molar-refractivity contribution in [1.82, 2.24) is 24.8 Å². The summed E-state index contributed by atoms with van der Waals surface area (Å²) in [6.07, 6.45) is 5.68. The fraction of sp³-hybridized carbons (Fsp3) is 0.514. The molecular formula is C35H42F2N8O2. The number of fused-ring (bicyclic) bond motifs is 2. The lowest BCUT2D eigenvalue weighted by molar-refractivity contribution is -0.128. The normalized spacial score (nSPS) is 20.0. The number of halogens is 2. The Morgan fingerprint density at radius 3 is 2.79 bits per heavy atom. The summed E-state index contributed by atoms with van der Waals surface area (Å²) in [6, 6.07) is 6.21. The first-order chi connectivity index (χ1) is 22.6. The number of benzene rings is 1. The maximum absolute atomic E-state index is 13.5. The Morgan fingerprint density at radius 2 is 2.04 bits per heavy atom. The van der Waals surface area contributed by atoms with Gasteiger partial charge in [0.2, 0.25) is 18.4 Å². The predicted octanol–water partition coefficient (Wildman–Crippen LogP) is 4.76. The molecule has 1 saturated carbocycles. The first kappa shape index (κ1) is 32.6. The van der Waals surface area contributed by atoms with Gasteiger partial charge in [-0.3, -0.25) is 9.78 Å². The molecule has 3 aromatic rings. The van der Waals surface area contributed by atoms with Gasteiger partial charge >= 0.3 is 6.01 Å². The second-order valence-corrected chi connectivity index (χ2v) is 13.0. The number of aryl methyl sites for hydroxylation is 1. The van der Waals surface area contributed by atoms with Crippen molar-refractivity contribution in [1.29, 1.82) is 0 Å². The van der Waals surface area contributed by atoms with Crippen molar-refractivity contribution in [2.45, 2.75) is 57.7 Å². The Bertz CT molecular complexity index is 1680. The number of piperazine rings is 1. The lowest BCUT2D eigenvalue weighted by Crippen LogP contribution is -2.56. The maximum atomic E-state index is 13.5. The number of hydrogen-bond donors (Lipinski definition) is 0. The van der Waals surface area contributed by atoms with Gasteiger partial charge in [-0.2, -0.15) is 9.97 Å². The largest absolute Gasteiger partial charge is 0.462 e.